The first-order valence-corrected chi connectivity index (χ1v) is 12.2. The molecule has 0 spiro atoms. The minimum absolute atomic E-state index is 0.0310. The summed E-state index contributed by atoms with van der Waals surface area (Å²) in [7, 11) is -1.25. The fourth-order valence-electron chi connectivity index (χ4n) is 3.98. The van der Waals surface area contributed by atoms with Gasteiger partial charge in [-0.15, -0.1) is 0 Å². The van der Waals surface area contributed by atoms with Crippen molar-refractivity contribution in [3.05, 3.63) is 53.9 Å². The van der Waals surface area contributed by atoms with Gasteiger partial charge >= 0.3 is 11.9 Å². The van der Waals surface area contributed by atoms with Crippen molar-refractivity contribution in [1.29, 1.82) is 0 Å². The number of esters is 2. The molecule has 0 saturated carbocycles. The molecule has 0 aromatic heterocycles. The van der Waals surface area contributed by atoms with Gasteiger partial charge < -0.3 is 19.3 Å². The second-order valence-corrected chi connectivity index (χ2v) is 9.92. The first-order valence-electron chi connectivity index (χ1n) is 10.3. The zero-order chi connectivity index (χ0) is 23.5. The second kappa shape index (κ2) is 9.60. The van der Waals surface area contributed by atoms with Gasteiger partial charge in [-0.05, 0) is 49.1 Å². The highest BCUT2D eigenvalue weighted by atomic mass is 32.2. The zero-order valence-electron chi connectivity index (χ0n) is 18.7. The van der Waals surface area contributed by atoms with E-state index in [0.29, 0.717) is 5.92 Å². The number of anilines is 2. The first-order chi connectivity index (χ1) is 15.2. The van der Waals surface area contributed by atoms with E-state index in [1.807, 2.05) is 0 Å². The number of ether oxygens (including phenoxy) is 2. The molecular weight excluding hydrogens is 432 g/mol. The lowest BCUT2D eigenvalue weighted by molar-refractivity contribution is -0.139. The van der Waals surface area contributed by atoms with Crippen LogP contribution in [0.1, 0.15) is 19.8 Å². The van der Waals surface area contributed by atoms with Crippen molar-refractivity contribution in [2.24, 2.45) is 5.92 Å². The van der Waals surface area contributed by atoms with Gasteiger partial charge in [0, 0.05) is 31.2 Å². The van der Waals surface area contributed by atoms with Crippen LogP contribution >= 0.6 is 0 Å². The van der Waals surface area contributed by atoms with E-state index in [1.165, 1.54) is 37.5 Å². The standard InChI is InChI=1S/C23H28N2O6S/c1-16-8-7-12-24(15-16)17-10-11-20(32(4,28)29)19(14-17)25-13-6-5-9-18(22(26)30-2)21(25)23(27)31-3/h5-6,9-11,13-14,16H,7-8,12,15H2,1-4H3. The molecule has 0 aliphatic carbocycles. The lowest BCUT2D eigenvalue weighted by Crippen LogP contribution is -2.34. The summed E-state index contributed by atoms with van der Waals surface area (Å²) in [4.78, 5) is 28.8. The van der Waals surface area contributed by atoms with Crippen molar-refractivity contribution in [3.63, 3.8) is 0 Å². The predicted molar refractivity (Wildman–Crippen MR) is 122 cm³/mol. The largest absolute Gasteiger partial charge is 0.465 e. The summed E-state index contributed by atoms with van der Waals surface area (Å²) < 4.78 is 35.1. The number of sulfone groups is 1. The number of carbonyl (C=O) groups is 2. The molecular formula is C23H28N2O6S. The van der Waals surface area contributed by atoms with Crippen LogP contribution in [0.2, 0.25) is 0 Å². The molecule has 1 aromatic carbocycles. The molecule has 172 valence electrons. The molecule has 32 heavy (non-hydrogen) atoms. The van der Waals surface area contributed by atoms with Crippen LogP contribution in [0.15, 0.2) is 58.8 Å². The van der Waals surface area contributed by atoms with E-state index >= 15 is 0 Å². The fraction of sp³-hybridized carbons (Fsp3) is 0.391. The Morgan fingerprint density at radius 3 is 2.44 bits per heavy atom. The van der Waals surface area contributed by atoms with Gasteiger partial charge in [0.05, 0.1) is 30.4 Å². The third kappa shape index (κ3) is 4.88. The van der Waals surface area contributed by atoms with E-state index in [4.69, 9.17) is 9.47 Å². The Morgan fingerprint density at radius 1 is 1.09 bits per heavy atom. The third-order valence-electron chi connectivity index (χ3n) is 5.51. The highest BCUT2D eigenvalue weighted by molar-refractivity contribution is 7.90. The van der Waals surface area contributed by atoms with Crippen LogP contribution in [0.25, 0.3) is 0 Å². The maximum Gasteiger partial charge on any atom is 0.355 e. The van der Waals surface area contributed by atoms with Crippen LogP contribution in [-0.4, -0.2) is 53.9 Å². The zero-order valence-corrected chi connectivity index (χ0v) is 19.5. The molecule has 9 heteroatoms. The van der Waals surface area contributed by atoms with Crippen molar-refractivity contribution in [2.75, 3.05) is 43.4 Å². The van der Waals surface area contributed by atoms with Crippen LogP contribution in [0.3, 0.4) is 0 Å². The maximum atomic E-state index is 12.8. The van der Waals surface area contributed by atoms with Crippen LogP contribution < -0.4 is 9.80 Å². The average Bonchev–Trinajstić information content (AvgIpc) is 3.00. The van der Waals surface area contributed by atoms with Gasteiger partial charge in [0.15, 0.2) is 9.84 Å². The number of allylic oxidation sites excluding steroid dienone is 2. The topological polar surface area (TPSA) is 93.2 Å². The Balaban J connectivity index is 2.25. The highest BCUT2D eigenvalue weighted by Gasteiger charge is 2.31. The number of carbonyl (C=O) groups excluding carboxylic acids is 2. The van der Waals surface area contributed by atoms with Crippen molar-refractivity contribution in [3.8, 4) is 0 Å². The van der Waals surface area contributed by atoms with Gasteiger partial charge in [-0.2, -0.15) is 0 Å². The second-order valence-electron chi connectivity index (χ2n) is 7.93. The molecule has 2 aliphatic heterocycles. The van der Waals surface area contributed by atoms with Crippen molar-refractivity contribution < 1.29 is 27.5 Å². The predicted octanol–water partition coefficient (Wildman–Crippen LogP) is 2.82. The van der Waals surface area contributed by atoms with Gasteiger partial charge in [-0.1, -0.05) is 13.0 Å². The van der Waals surface area contributed by atoms with Gasteiger partial charge in [-0.25, -0.2) is 18.0 Å². The molecule has 1 atom stereocenters. The molecule has 1 aromatic rings. The molecule has 1 saturated heterocycles. The molecule has 2 heterocycles. The van der Waals surface area contributed by atoms with Crippen molar-refractivity contribution in [2.45, 2.75) is 24.7 Å². The minimum atomic E-state index is -3.66. The number of piperidine rings is 1. The van der Waals surface area contributed by atoms with E-state index < -0.39 is 21.8 Å². The third-order valence-corrected chi connectivity index (χ3v) is 6.66. The van der Waals surface area contributed by atoms with Gasteiger partial charge in [0.25, 0.3) is 0 Å². The Kier molecular flexibility index (Phi) is 7.08. The molecule has 1 unspecified atom stereocenters. The summed E-state index contributed by atoms with van der Waals surface area (Å²) in [5.74, 6) is -1.02. The van der Waals surface area contributed by atoms with E-state index in [9.17, 15) is 18.0 Å². The van der Waals surface area contributed by atoms with Crippen LogP contribution in [-0.2, 0) is 28.9 Å². The monoisotopic (exact) mass is 460 g/mol. The molecule has 0 N–H and O–H groups in total. The molecule has 0 bridgehead atoms. The summed E-state index contributed by atoms with van der Waals surface area (Å²) in [5.41, 5.74) is 0.928. The maximum absolute atomic E-state index is 12.8. The minimum Gasteiger partial charge on any atom is -0.465 e. The molecule has 1 fully saturated rings. The number of hydrogen-bond acceptors (Lipinski definition) is 8. The number of nitrogens with zero attached hydrogens (tertiary/aromatic N) is 2. The summed E-state index contributed by atoms with van der Waals surface area (Å²) in [6.45, 7) is 3.89. The Bertz CT molecular complexity index is 1100. The number of hydrogen-bond donors (Lipinski definition) is 0. The summed E-state index contributed by atoms with van der Waals surface area (Å²) >= 11 is 0. The number of benzene rings is 1. The normalized spacial score (nSPS) is 19.1. The molecule has 3 rings (SSSR count). The highest BCUT2D eigenvalue weighted by Crippen LogP contribution is 2.36. The van der Waals surface area contributed by atoms with Gasteiger partial charge in [0.2, 0.25) is 0 Å². The molecule has 8 nitrogen and oxygen atoms in total. The van der Waals surface area contributed by atoms with Crippen LogP contribution in [0, 0.1) is 5.92 Å². The van der Waals surface area contributed by atoms with Gasteiger partial charge in [-0.3, -0.25) is 0 Å². The van der Waals surface area contributed by atoms with E-state index in [1.54, 1.807) is 24.3 Å². The Labute approximate surface area is 188 Å². The summed E-state index contributed by atoms with van der Waals surface area (Å²) in [5, 5.41) is 0. The van der Waals surface area contributed by atoms with E-state index in [-0.39, 0.29) is 21.9 Å². The van der Waals surface area contributed by atoms with E-state index in [2.05, 4.69) is 11.8 Å². The molecule has 0 radical (unpaired) electrons. The Hall–Kier alpha value is -3.07. The van der Waals surface area contributed by atoms with Crippen LogP contribution in [0.4, 0.5) is 11.4 Å². The number of rotatable bonds is 5. The van der Waals surface area contributed by atoms with Crippen LogP contribution in [0.5, 0.6) is 0 Å². The average molecular weight is 461 g/mol. The lowest BCUT2D eigenvalue weighted by Gasteiger charge is -2.34. The van der Waals surface area contributed by atoms with E-state index in [0.717, 1.165) is 37.9 Å². The SMILES string of the molecule is COC(=O)C1=C(C(=O)OC)N(c2cc(N3CCCC(C)C3)ccc2S(C)(=O)=O)C=CC=C1. The molecule has 0 amide bonds. The smallest absolute Gasteiger partial charge is 0.355 e. The molecule has 2 aliphatic rings. The quantitative estimate of drug-likeness (QED) is 0.620. The summed E-state index contributed by atoms with van der Waals surface area (Å²) in [6, 6.07) is 5.06. The number of methoxy groups -OCH3 is 2. The fourth-order valence-corrected chi connectivity index (χ4v) is 4.83. The first kappa shape index (κ1) is 23.6. The van der Waals surface area contributed by atoms with Gasteiger partial charge in [0.1, 0.15) is 5.70 Å². The Morgan fingerprint density at radius 2 is 1.81 bits per heavy atom. The van der Waals surface area contributed by atoms with Crippen molar-refractivity contribution in [1.82, 2.24) is 0 Å². The lowest BCUT2D eigenvalue weighted by atomic mass is 9.99. The van der Waals surface area contributed by atoms with Crippen molar-refractivity contribution >= 4 is 33.2 Å². The summed E-state index contributed by atoms with van der Waals surface area (Å²) in [6.07, 6.45) is 9.44.